The Labute approximate surface area is 118 Å². The first-order valence-electron chi connectivity index (χ1n) is 6.17. The number of thiocarbonyl (C=S) groups is 1. The van der Waals surface area contributed by atoms with E-state index >= 15 is 0 Å². The molecule has 0 amide bonds. The van der Waals surface area contributed by atoms with Crippen LogP contribution >= 0.6 is 12.2 Å². The van der Waals surface area contributed by atoms with Crippen molar-refractivity contribution in [2.24, 2.45) is 5.73 Å². The highest BCUT2D eigenvalue weighted by molar-refractivity contribution is 7.80. The van der Waals surface area contributed by atoms with E-state index in [0.29, 0.717) is 5.11 Å². The van der Waals surface area contributed by atoms with Crippen LogP contribution < -0.4 is 20.1 Å². The van der Waals surface area contributed by atoms with Crippen LogP contribution in [0.5, 0.6) is 11.5 Å². The molecule has 0 atom stereocenters. The second-order valence-corrected chi connectivity index (χ2v) is 4.77. The third kappa shape index (κ3) is 3.01. The SMILES string of the molecule is COc1ccc(N2CCN(C(N)=S)CC2)cc1OC. The molecule has 1 fully saturated rings. The lowest BCUT2D eigenvalue weighted by Crippen LogP contribution is -2.50. The number of hydrogen-bond donors (Lipinski definition) is 1. The van der Waals surface area contributed by atoms with E-state index in [1.54, 1.807) is 14.2 Å². The fourth-order valence-corrected chi connectivity index (χ4v) is 2.39. The average Bonchev–Trinajstić information content (AvgIpc) is 2.46. The summed E-state index contributed by atoms with van der Waals surface area (Å²) >= 11 is 4.99. The van der Waals surface area contributed by atoms with Crippen LogP contribution in [-0.2, 0) is 0 Å². The summed E-state index contributed by atoms with van der Waals surface area (Å²) in [6.45, 7) is 3.49. The van der Waals surface area contributed by atoms with Gasteiger partial charge in [0, 0.05) is 37.9 Å². The Morgan fingerprint density at radius 2 is 1.74 bits per heavy atom. The molecule has 0 radical (unpaired) electrons. The summed E-state index contributed by atoms with van der Waals surface area (Å²) in [5, 5.41) is 0.479. The van der Waals surface area contributed by atoms with Crippen molar-refractivity contribution in [3.05, 3.63) is 18.2 Å². The number of nitrogens with zero attached hydrogens (tertiary/aromatic N) is 2. The molecule has 6 heteroatoms. The Morgan fingerprint density at radius 3 is 2.26 bits per heavy atom. The van der Waals surface area contributed by atoms with Crippen molar-refractivity contribution >= 4 is 23.0 Å². The van der Waals surface area contributed by atoms with Crippen molar-refractivity contribution in [3.63, 3.8) is 0 Å². The predicted molar refractivity (Wildman–Crippen MR) is 80.1 cm³/mol. The van der Waals surface area contributed by atoms with Gasteiger partial charge in [0.15, 0.2) is 16.6 Å². The lowest BCUT2D eigenvalue weighted by molar-refractivity contribution is 0.354. The average molecular weight is 281 g/mol. The van der Waals surface area contributed by atoms with Crippen molar-refractivity contribution in [1.82, 2.24) is 4.90 Å². The van der Waals surface area contributed by atoms with Gasteiger partial charge in [0.25, 0.3) is 0 Å². The zero-order valence-corrected chi connectivity index (χ0v) is 12.1. The topological polar surface area (TPSA) is 51.0 Å². The van der Waals surface area contributed by atoms with E-state index in [0.717, 1.165) is 43.4 Å². The van der Waals surface area contributed by atoms with Gasteiger partial charge in [-0.05, 0) is 24.4 Å². The molecule has 0 saturated carbocycles. The second kappa shape index (κ2) is 5.97. The third-order valence-corrected chi connectivity index (χ3v) is 3.58. The van der Waals surface area contributed by atoms with E-state index in [2.05, 4.69) is 4.90 Å². The largest absolute Gasteiger partial charge is 0.493 e. The van der Waals surface area contributed by atoms with Crippen LogP contribution in [-0.4, -0.2) is 50.4 Å². The van der Waals surface area contributed by atoms with Crippen molar-refractivity contribution in [1.29, 1.82) is 0 Å². The molecule has 1 heterocycles. The predicted octanol–water partition coefficient (Wildman–Crippen LogP) is 1.07. The van der Waals surface area contributed by atoms with Gasteiger partial charge in [-0.2, -0.15) is 0 Å². The highest BCUT2D eigenvalue weighted by Gasteiger charge is 2.18. The molecule has 1 aliphatic rings. The van der Waals surface area contributed by atoms with E-state index in [4.69, 9.17) is 27.4 Å². The summed E-state index contributed by atoms with van der Waals surface area (Å²) in [7, 11) is 3.28. The zero-order valence-electron chi connectivity index (χ0n) is 11.3. The summed E-state index contributed by atoms with van der Waals surface area (Å²) in [6, 6.07) is 5.96. The summed E-state index contributed by atoms with van der Waals surface area (Å²) in [5.74, 6) is 1.49. The highest BCUT2D eigenvalue weighted by Crippen LogP contribution is 2.31. The van der Waals surface area contributed by atoms with Gasteiger partial charge in [0.1, 0.15) is 0 Å². The molecule has 2 N–H and O–H groups in total. The number of ether oxygens (including phenoxy) is 2. The number of piperazine rings is 1. The lowest BCUT2D eigenvalue weighted by atomic mass is 10.2. The number of anilines is 1. The molecular formula is C13H19N3O2S. The molecule has 1 aromatic carbocycles. The molecule has 0 unspecified atom stereocenters. The fourth-order valence-electron chi connectivity index (χ4n) is 2.21. The minimum Gasteiger partial charge on any atom is -0.493 e. The van der Waals surface area contributed by atoms with Crippen molar-refractivity contribution in [2.45, 2.75) is 0 Å². The first-order valence-corrected chi connectivity index (χ1v) is 6.58. The van der Waals surface area contributed by atoms with E-state index in [-0.39, 0.29) is 0 Å². The van der Waals surface area contributed by atoms with Crippen LogP contribution in [0.3, 0.4) is 0 Å². The first kappa shape index (κ1) is 13.7. The maximum Gasteiger partial charge on any atom is 0.166 e. The van der Waals surface area contributed by atoms with Crippen LogP contribution in [0.1, 0.15) is 0 Å². The van der Waals surface area contributed by atoms with E-state index in [1.807, 2.05) is 23.1 Å². The summed E-state index contributed by atoms with van der Waals surface area (Å²) in [4.78, 5) is 4.31. The maximum absolute atomic E-state index is 5.64. The van der Waals surface area contributed by atoms with Gasteiger partial charge < -0.3 is 25.0 Å². The minimum absolute atomic E-state index is 0.479. The number of methoxy groups -OCH3 is 2. The molecule has 5 nitrogen and oxygen atoms in total. The maximum atomic E-state index is 5.64. The summed E-state index contributed by atoms with van der Waals surface area (Å²) in [6.07, 6.45) is 0. The first-order chi connectivity index (χ1) is 9.15. The monoisotopic (exact) mass is 281 g/mol. The normalized spacial score (nSPS) is 15.3. The molecule has 0 aliphatic carbocycles. The molecule has 1 aromatic rings. The van der Waals surface area contributed by atoms with Crippen LogP contribution in [0.25, 0.3) is 0 Å². The molecule has 0 aromatic heterocycles. The fraction of sp³-hybridized carbons (Fsp3) is 0.462. The van der Waals surface area contributed by atoms with Gasteiger partial charge in [-0.1, -0.05) is 0 Å². The van der Waals surface area contributed by atoms with Gasteiger partial charge in [-0.3, -0.25) is 0 Å². The van der Waals surface area contributed by atoms with Gasteiger partial charge in [-0.25, -0.2) is 0 Å². The second-order valence-electron chi connectivity index (χ2n) is 4.35. The standard InChI is InChI=1S/C13H19N3O2S/c1-17-11-4-3-10(9-12(11)18-2)15-5-7-16(8-6-15)13(14)19/h3-4,9H,5-8H2,1-2H3,(H2,14,19). The number of rotatable bonds is 3. The Morgan fingerprint density at radius 1 is 1.11 bits per heavy atom. The van der Waals surface area contributed by atoms with Crippen molar-refractivity contribution < 1.29 is 9.47 Å². The van der Waals surface area contributed by atoms with Crippen LogP contribution in [0.4, 0.5) is 5.69 Å². The third-order valence-electron chi connectivity index (χ3n) is 3.32. The molecule has 104 valence electrons. The zero-order chi connectivity index (χ0) is 13.8. The Balaban J connectivity index is 2.09. The molecule has 1 saturated heterocycles. The number of hydrogen-bond acceptors (Lipinski definition) is 4. The van der Waals surface area contributed by atoms with Crippen LogP contribution in [0.15, 0.2) is 18.2 Å². The quantitative estimate of drug-likeness (QED) is 0.837. The minimum atomic E-state index is 0.479. The van der Waals surface area contributed by atoms with E-state index < -0.39 is 0 Å². The van der Waals surface area contributed by atoms with E-state index in [1.165, 1.54) is 0 Å². The Kier molecular flexibility index (Phi) is 4.31. The number of benzene rings is 1. The molecule has 0 bridgehead atoms. The van der Waals surface area contributed by atoms with Gasteiger partial charge in [0.05, 0.1) is 14.2 Å². The Hall–Kier alpha value is -1.69. The lowest BCUT2D eigenvalue weighted by Gasteiger charge is -2.36. The molecular weight excluding hydrogens is 262 g/mol. The van der Waals surface area contributed by atoms with Gasteiger partial charge >= 0.3 is 0 Å². The van der Waals surface area contributed by atoms with Crippen molar-refractivity contribution in [3.8, 4) is 11.5 Å². The Bertz CT molecular complexity index is 459. The molecule has 0 spiro atoms. The highest BCUT2D eigenvalue weighted by atomic mass is 32.1. The smallest absolute Gasteiger partial charge is 0.166 e. The van der Waals surface area contributed by atoms with E-state index in [9.17, 15) is 0 Å². The number of nitrogens with two attached hydrogens (primary N) is 1. The van der Waals surface area contributed by atoms with Gasteiger partial charge in [0.2, 0.25) is 0 Å². The molecule has 1 aliphatic heterocycles. The van der Waals surface area contributed by atoms with Crippen LogP contribution in [0.2, 0.25) is 0 Å². The summed E-state index contributed by atoms with van der Waals surface area (Å²) < 4.78 is 10.6. The van der Waals surface area contributed by atoms with Crippen molar-refractivity contribution in [2.75, 3.05) is 45.3 Å². The molecule has 19 heavy (non-hydrogen) atoms. The summed E-state index contributed by atoms with van der Waals surface area (Å²) in [5.41, 5.74) is 6.76. The van der Waals surface area contributed by atoms with Crippen LogP contribution in [0, 0.1) is 0 Å². The van der Waals surface area contributed by atoms with Gasteiger partial charge in [-0.15, -0.1) is 0 Å². The molecule has 2 rings (SSSR count).